The maximum atomic E-state index is 11.9. The largest absolute Gasteiger partial charge is 0.326 e. The molecule has 8 heteroatoms. The third-order valence-electron chi connectivity index (χ3n) is 3.08. The normalized spacial score (nSPS) is 10.0. The van der Waals surface area contributed by atoms with Crippen LogP contribution in [0.5, 0.6) is 0 Å². The predicted molar refractivity (Wildman–Crippen MR) is 96.4 cm³/mol. The smallest absolute Gasteiger partial charge is 0.269 e. The Bertz CT molecular complexity index is 762. The Labute approximate surface area is 154 Å². The van der Waals surface area contributed by atoms with Crippen LogP contribution in [0.4, 0.5) is 5.69 Å². The van der Waals surface area contributed by atoms with Gasteiger partial charge < -0.3 is 5.32 Å². The first-order valence-corrected chi connectivity index (χ1v) is 8.10. The molecule has 0 saturated heterocycles. The van der Waals surface area contributed by atoms with E-state index >= 15 is 0 Å². The van der Waals surface area contributed by atoms with Crippen LogP contribution < -0.4 is 16.2 Å². The van der Waals surface area contributed by atoms with Gasteiger partial charge in [0.1, 0.15) is 0 Å². The molecule has 2 aromatic rings. The summed E-state index contributed by atoms with van der Waals surface area (Å²) in [5, 5.41) is 3.28. The van der Waals surface area contributed by atoms with Crippen LogP contribution in [0, 0.1) is 0 Å². The number of anilines is 1. The average Bonchev–Trinajstić information content (AvgIpc) is 2.58. The van der Waals surface area contributed by atoms with Crippen LogP contribution in [0.2, 0.25) is 10.0 Å². The van der Waals surface area contributed by atoms with Crippen LogP contribution in [-0.2, 0) is 9.59 Å². The molecular weight excluding hydrogens is 365 g/mol. The van der Waals surface area contributed by atoms with Crippen LogP contribution in [0.3, 0.4) is 0 Å². The van der Waals surface area contributed by atoms with Crippen LogP contribution in [0.25, 0.3) is 0 Å². The highest BCUT2D eigenvalue weighted by molar-refractivity contribution is 6.35. The Hall–Kier alpha value is -2.57. The number of rotatable bonds is 5. The second kappa shape index (κ2) is 9.05. The van der Waals surface area contributed by atoms with Crippen LogP contribution >= 0.6 is 23.2 Å². The van der Waals surface area contributed by atoms with Crippen molar-refractivity contribution in [3.63, 3.8) is 0 Å². The van der Waals surface area contributed by atoms with Crippen molar-refractivity contribution in [2.24, 2.45) is 0 Å². The van der Waals surface area contributed by atoms with Gasteiger partial charge in [-0.15, -0.1) is 0 Å². The molecule has 0 bridgehead atoms. The van der Waals surface area contributed by atoms with Gasteiger partial charge in [0.2, 0.25) is 11.8 Å². The van der Waals surface area contributed by atoms with Gasteiger partial charge in [-0.3, -0.25) is 25.2 Å². The molecular formula is C17H15Cl2N3O3. The molecule has 0 aliphatic carbocycles. The fourth-order valence-corrected chi connectivity index (χ4v) is 2.44. The van der Waals surface area contributed by atoms with Crippen molar-refractivity contribution in [1.29, 1.82) is 0 Å². The zero-order valence-corrected chi connectivity index (χ0v) is 14.5. The van der Waals surface area contributed by atoms with Gasteiger partial charge in [0, 0.05) is 34.1 Å². The molecule has 0 aliphatic heterocycles. The van der Waals surface area contributed by atoms with E-state index in [-0.39, 0.29) is 24.3 Å². The number of para-hydroxylation sites is 1. The first kappa shape index (κ1) is 18.8. The second-order valence-electron chi connectivity index (χ2n) is 5.07. The van der Waals surface area contributed by atoms with Crippen molar-refractivity contribution in [1.82, 2.24) is 10.9 Å². The quantitative estimate of drug-likeness (QED) is 0.697. The molecule has 130 valence electrons. The summed E-state index contributed by atoms with van der Waals surface area (Å²) in [6, 6.07) is 13.2. The van der Waals surface area contributed by atoms with E-state index in [2.05, 4.69) is 16.2 Å². The van der Waals surface area contributed by atoms with Crippen LogP contribution in [0.1, 0.15) is 23.2 Å². The molecule has 0 radical (unpaired) electrons. The van der Waals surface area contributed by atoms with E-state index in [1.54, 1.807) is 24.3 Å². The zero-order chi connectivity index (χ0) is 18.2. The number of carbonyl (C=O) groups is 3. The standard InChI is InChI=1S/C17H15Cl2N3O3/c18-12-8-11(9-13(19)10-12)17(25)22-21-16(24)7-6-15(23)20-14-4-2-1-3-5-14/h1-5,8-10H,6-7H2,(H,20,23)(H,21,24)(H,22,25). The van der Waals surface area contributed by atoms with E-state index in [1.165, 1.54) is 18.2 Å². The first-order valence-electron chi connectivity index (χ1n) is 7.34. The highest BCUT2D eigenvalue weighted by Crippen LogP contribution is 2.18. The Morgan fingerprint density at radius 1 is 0.800 bits per heavy atom. The molecule has 3 N–H and O–H groups in total. The van der Waals surface area contributed by atoms with E-state index in [9.17, 15) is 14.4 Å². The van der Waals surface area contributed by atoms with Gasteiger partial charge in [-0.25, -0.2) is 0 Å². The van der Waals surface area contributed by atoms with Crippen molar-refractivity contribution >= 4 is 46.6 Å². The van der Waals surface area contributed by atoms with Crippen LogP contribution in [-0.4, -0.2) is 17.7 Å². The second-order valence-corrected chi connectivity index (χ2v) is 5.95. The summed E-state index contributed by atoms with van der Waals surface area (Å²) in [5.74, 6) is -1.36. The summed E-state index contributed by atoms with van der Waals surface area (Å²) in [6.45, 7) is 0. The van der Waals surface area contributed by atoms with Gasteiger partial charge in [0.25, 0.3) is 5.91 Å². The lowest BCUT2D eigenvalue weighted by Gasteiger charge is -2.08. The monoisotopic (exact) mass is 379 g/mol. The average molecular weight is 380 g/mol. The number of amides is 3. The molecule has 0 saturated carbocycles. The summed E-state index contributed by atoms with van der Waals surface area (Å²) in [4.78, 5) is 35.4. The van der Waals surface area contributed by atoms with Crippen molar-refractivity contribution in [3.05, 3.63) is 64.1 Å². The lowest BCUT2D eigenvalue weighted by molar-refractivity contribution is -0.124. The lowest BCUT2D eigenvalue weighted by Crippen LogP contribution is -2.41. The summed E-state index contributed by atoms with van der Waals surface area (Å²) >= 11 is 11.6. The minimum atomic E-state index is -0.563. The number of halogens is 2. The molecule has 3 amide bonds. The first-order chi connectivity index (χ1) is 11.9. The molecule has 0 atom stereocenters. The third kappa shape index (κ3) is 6.45. The van der Waals surface area contributed by atoms with E-state index in [0.29, 0.717) is 15.7 Å². The number of hydrogen-bond donors (Lipinski definition) is 3. The third-order valence-corrected chi connectivity index (χ3v) is 3.51. The Kier molecular flexibility index (Phi) is 6.80. The summed E-state index contributed by atoms with van der Waals surface area (Å²) in [5.41, 5.74) is 5.33. The summed E-state index contributed by atoms with van der Waals surface area (Å²) < 4.78 is 0. The van der Waals surface area contributed by atoms with E-state index in [0.717, 1.165) is 0 Å². The van der Waals surface area contributed by atoms with Crippen molar-refractivity contribution in [2.75, 3.05) is 5.32 Å². The fourth-order valence-electron chi connectivity index (χ4n) is 1.92. The van der Waals surface area contributed by atoms with Gasteiger partial charge in [-0.1, -0.05) is 41.4 Å². The summed E-state index contributed by atoms with van der Waals surface area (Å²) in [7, 11) is 0. The predicted octanol–water partition coefficient (Wildman–Crippen LogP) is 3.17. The zero-order valence-electron chi connectivity index (χ0n) is 13.0. The lowest BCUT2D eigenvalue weighted by atomic mass is 10.2. The van der Waals surface area contributed by atoms with E-state index in [1.807, 2.05) is 6.07 Å². The molecule has 0 spiro atoms. The van der Waals surface area contributed by atoms with Gasteiger partial charge in [0.05, 0.1) is 0 Å². The number of nitrogens with one attached hydrogen (secondary N) is 3. The van der Waals surface area contributed by atoms with E-state index < -0.39 is 11.8 Å². The fraction of sp³-hybridized carbons (Fsp3) is 0.118. The molecule has 2 aromatic carbocycles. The SMILES string of the molecule is O=C(CCC(=O)Nc1ccccc1)NNC(=O)c1cc(Cl)cc(Cl)c1. The number of hydrazine groups is 1. The topological polar surface area (TPSA) is 87.3 Å². The van der Waals surface area contributed by atoms with Gasteiger partial charge in [-0.2, -0.15) is 0 Å². The Morgan fingerprint density at radius 3 is 2.04 bits per heavy atom. The van der Waals surface area contributed by atoms with Crippen LogP contribution in [0.15, 0.2) is 48.5 Å². The molecule has 0 heterocycles. The van der Waals surface area contributed by atoms with Gasteiger partial charge in [0.15, 0.2) is 0 Å². The summed E-state index contributed by atoms with van der Waals surface area (Å²) in [6.07, 6.45) is -0.0885. The van der Waals surface area contributed by atoms with E-state index in [4.69, 9.17) is 23.2 Å². The van der Waals surface area contributed by atoms with Crippen molar-refractivity contribution in [3.8, 4) is 0 Å². The highest BCUT2D eigenvalue weighted by Gasteiger charge is 2.11. The molecule has 6 nitrogen and oxygen atoms in total. The van der Waals surface area contributed by atoms with Gasteiger partial charge >= 0.3 is 0 Å². The highest BCUT2D eigenvalue weighted by atomic mass is 35.5. The minimum Gasteiger partial charge on any atom is -0.326 e. The maximum Gasteiger partial charge on any atom is 0.269 e. The molecule has 0 fully saturated rings. The minimum absolute atomic E-state index is 0.0143. The van der Waals surface area contributed by atoms with Crippen molar-refractivity contribution < 1.29 is 14.4 Å². The molecule has 0 aromatic heterocycles. The molecule has 0 unspecified atom stereocenters. The number of benzene rings is 2. The van der Waals surface area contributed by atoms with Gasteiger partial charge in [-0.05, 0) is 30.3 Å². The number of carbonyl (C=O) groups excluding carboxylic acids is 3. The van der Waals surface area contributed by atoms with Crippen molar-refractivity contribution in [2.45, 2.75) is 12.8 Å². The molecule has 0 aliphatic rings. The Balaban J connectivity index is 1.75. The molecule has 2 rings (SSSR count). The Morgan fingerprint density at radius 2 is 1.40 bits per heavy atom. The number of hydrogen-bond acceptors (Lipinski definition) is 3. The maximum absolute atomic E-state index is 11.9. The molecule has 25 heavy (non-hydrogen) atoms.